The summed E-state index contributed by atoms with van der Waals surface area (Å²) < 4.78 is 44.3. The maximum atomic E-state index is 15.1. The molecular weight excluding hydrogens is 429 g/mol. The van der Waals surface area contributed by atoms with Crippen molar-refractivity contribution in [1.29, 1.82) is 0 Å². The van der Waals surface area contributed by atoms with Gasteiger partial charge >= 0.3 is 0 Å². The van der Waals surface area contributed by atoms with E-state index in [4.69, 9.17) is 0 Å². The summed E-state index contributed by atoms with van der Waals surface area (Å²) >= 11 is 0. The van der Waals surface area contributed by atoms with Gasteiger partial charge in [-0.05, 0) is 118 Å². The zero-order valence-corrected chi connectivity index (χ0v) is 20.3. The molecule has 2 fully saturated rings. The van der Waals surface area contributed by atoms with Crippen LogP contribution >= 0.6 is 0 Å². The van der Waals surface area contributed by atoms with E-state index < -0.39 is 17.5 Å². The average molecular weight is 467 g/mol. The minimum atomic E-state index is -0.606. The number of benzene rings is 2. The molecule has 0 heterocycles. The molecule has 0 spiro atoms. The van der Waals surface area contributed by atoms with Crippen molar-refractivity contribution in [2.45, 2.75) is 77.0 Å². The molecule has 0 amide bonds. The highest BCUT2D eigenvalue weighted by molar-refractivity contribution is 5.65. The van der Waals surface area contributed by atoms with E-state index in [9.17, 15) is 8.78 Å². The van der Waals surface area contributed by atoms with Gasteiger partial charge in [0.25, 0.3) is 0 Å². The number of rotatable bonds is 8. The lowest BCUT2D eigenvalue weighted by Crippen LogP contribution is -2.30. The number of hydrogen-bond donors (Lipinski definition) is 0. The van der Waals surface area contributed by atoms with E-state index in [-0.39, 0.29) is 16.7 Å². The van der Waals surface area contributed by atoms with Crippen molar-refractivity contribution in [3.63, 3.8) is 0 Å². The summed E-state index contributed by atoms with van der Waals surface area (Å²) in [6.45, 7) is 5.74. The normalized spacial score (nSPS) is 24.8. The first-order chi connectivity index (χ1) is 16.5. The molecule has 0 aliphatic heterocycles. The average Bonchev–Trinajstić information content (AvgIpc) is 2.83. The zero-order chi connectivity index (χ0) is 24.1. The van der Waals surface area contributed by atoms with Crippen LogP contribution in [0.4, 0.5) is 13.2 Å². The van der Waals surface area contributed by atoms with Crippen LogP contribution in [-0.2, 0) is 6.42 Å². The summed E-state index contributed by atoms with van der Waals surface area (Å²) in [6.07, 6.45) is 16.4. The van der Waals surface area contributed by atoms with Crippen molar-refractivity contribution in [3.8, 4) is 11.1 Å². The molecule has 0 N–H and O–H groups in total. The van der Waals surface area contributed by atoms with Crippen LogP contribution in [0.1, 0.15) is 81.8 Å². The Bertz CT molecular complexity index is 998. The Labute approximate surface area is 203 Å². The van der Waals surface area contributed by atoms with Gasteiger partial charge in [-0.3, -0.25) is 0 Å². The van der Waals surface area contributed by atoms with Crippen LogP contribution in [0.2, 0.25) is 0 Å². The van der Waals surface area contributed by atoms with Gasteiger partial charge in [0.15, 0.2) is 0 Å². The lowest BCUT2D eigenvalue weighted by atomic mass is 9.63. The van der Waals surface area contributed by atoms with E-state index >= 15 is 4.39 Å². The van der Waals surface area contributed by atoms with Crippen LogP contribution in [0.3, 0.4) is 0 Å². The third-order valence-corrected chi connectivity index (χ3v) is 8.21. The Balaban J connectivity index is 1.44. The van der Waals surface area contributed by atoms with Crippen LogP contribution in [0, 0.1) is 35.2 Å². The Hall–Kier alpha value is -2.29. The third-order valence-electron chi connectivity index (χ3n) is 8.21. The molecule has 2 saturated carbocycles. The number of allylic oxidation sites excluding steroid dienone is 3. The molecule has 0 bridgehead atoms. The summed E-state index contributed by atoms with van der Waals surface area (Å²) in [5, 5.41) is 0. The monoisotopic (exact) mass is 466 g/mol. The number of halogens is 3. The SMILES string of the molecule is C=CCCC1CCC2CC(c3ccc(-c4cc(F)c(CC/C=C/C)c(F)c4)c(F)c3)CCC2C1. The van der Waals surface area contributed by atoms with Crippen LogP contribution < -0.4 is 0 Å². The van der Waals surface area contributed by atoms with Crippen molar-refractivity contribution >= 4 is 0 Å². The van der Waals surface area contributed by atoms with E-state index in [1.54, 1.807) is 12.1 Å². The first-order valence-corrected chi connectivity index (χ1v) is 13.0. The van der Waals surface area contributed by atoms with Gasteiger partial charge in [0.05, 0.1) is 0 Å². The fourth-order valence-electron chi connectivity index (χ4n) is 6.32. The summed E-state index contributed by atoms with van der Waals surface area (Å²) in [7, 11) is 0. The van der Waals surface area contributed by atoms with Crippen molar-refractivity contribution in [1.82, 2.24) is 0 Å². The number of hydrogen-bond acceptors (Lipinski definition) is 0. The predicted octanol–water partition coefficient (Wildman–Crippen LogP) is 9.55. The predicted molar refractivity (Wildman–Crippen MR) is 135 cm³/mol. The first kappa shape index (κ1) is 24.8. The molecule has 2 aromatic rings. The van der Waals surface area contributed by atoms with E-state index in [0.717, 1.165) is 42.6 Å². The molecule has 4 unspecified atom stereocenters. The quantitative estimate of drug-likeness (QED) is 0.340. The first-order valence-electron chi connectivity index (χ1n) is 13.0. The van der Waals surface area contributed by atoms with Gasteiger partial charge in [-0.25, -0.2) is 13.2 Å². The lowest BCUT2D eigenvalue weighted by molar-refractivity contribution is 0.115. The van der Waals surface area contributed by atoms with Gasteiger partial charge in [-0.2, -0.15) is 0 Å². The van der Waals surface area contributed by atoms with Gasteiger partial charge in [0.2, 0.25) is 0 Å². The smallest absolute Gasteiger partial charge is 0.131 e. The fourth-order valence-corrected chi connectivity index (χ4v) is 6.32. The zero-order valence-electron chi connectivity index (χ0n) is 20.3. The lowest BCUT2D eigenvalue weighted by Gasteiger charge is -2.42. The van der Waals surface area contributed by atoms with Gasteiger partial charge in [0.1, 0.15) is 17.5 Å². The van der Waals surface area contributed by atoms with Crippen molar-refractivity contribution < 1.29 is 13.2 Å². The highest BCUT2D eigenvalue weighted by Gasteiger charge is 2.35. The highest BCUT2D eigenvalue weighted by atomic mass is 19.1. The molecule has 0 saturated heterocycles. The van der Waals surface area contributed by atoms with Crippen LogP contribution in [0.15, 0.2) is 55.1 Å². The van der Waals surface area contributed by atoms with Gasteiger partial charge < -0.3 is 0 Å². The van der Waals surface area contributed by atoms with Gasteiger partial charge in [-0.1, -0.05) is 36.8 Å². The fraction of sp³-hybridized carbons (Fsp3) is 0.484. The molecule has 182 valence electrons. The minimum Gasteiger partial charge on any atom is -0.207 e. The Kier molecular flexibility index (Phi) is 8.34. The standard InChI is InChI=1S/C31H37F3/c1-3-5-7-9-28-30(33)19-26(20-31(28)34)27-15-14-25(18-29(27)32)24-13-12-22-16-21(8-6-4-2)10-11-23(22)17-24/h3-5,14-15,18-24H,2,6-13,16-17H2,1H3/b5-3+. The van der Waals surface area contributed by atoms with Crippen LogP contribution in [-0.4, -0.2) is 0 Å². The Morgan fingerprint density at radius 3 is 2.32 bits per heavy atom. The summed E-state index contributed by atoms with van der Waals surface area (Å²) in [4.78, 5) is 0. The Morgan fingerprint density at radius 1 is 0.882 bits per heavy atom. The van der Waals surface area contributed by atoms with Gasteiger partial charge in [-0.15, -0.1) is 6.58 Å². The molecule has 4 atom stereocenters. The van der Waals surface area contributed by atoms with Crippen molar-refractivity contribution in [3.05, 3.63) is 83.7 Å². The summed E-state index contributed by atoms with van der Waals surface area (Å²) in [5.41, 5.74) is 1.61. The third kappa shape index (κ3) is 5.67. The molecule has 2 aliphatic carbocycles. The minimum absolute atomic E-state index is 0.0647. The largest absolute Gasteiger partial charge is 0.207 e. The van der Waals surface area contributed by atoms with Crippen molar-refractivity contribution in [2.24, 2.45) is 17.8 Å². The summed E-state index contributed by atoms with van der Waals surface area (Å²) in [5.74, 6) is 1.14. The van der Waals surface area contributed by atoms with Crippen LogP contribution in [0.5, 0.6) is 0 Å². The van der Waals surface area contributed by atoms with Gasteiger partial charge in [0, 0.05) is 11.1 Å². The van der Waals surface area contributed by atoms with E-state index in [1.807, 2.05) is 31.2 Å². The second-order valence-electron chi connectivity index (χ2n) is 10.3. The molecule has 2 aliphatic rings. The maximum Gasteiger partial charge on any atom is 0.131 e. The van der Waals surface area contributed by atoms with E-state index in [1.165, 1.54) is 44.2 Å². The molecule has 4 rings (SSSR count). The highest BCUT2D eigenvalue weighted by Crippen LogP contribution is 2.48. The van der Waals surface area contributed by atoms with Crippen LogP contribution in [0.25, 0.3) is 11.1 Å². The molecule has 0 radical (unpaired) electrons. The summed E-state index contributed by atoms with van der Waals surface area (Å²) in [6, 6.07) is 7.81. The molecule has 0 aromatic heterocycles. The molecule has 34 heavy (non-hydrogen) atoms. The molecular formula is C31H37F3. The van der Waals surface area contributed by atoms with E-state index in [2.05, 4.69) is 6.58 Å². The second-order valence-corrected chi connectivity index (χ2v) is 10.3. The molecule has 3 heteroatoms. The number of fused-ring (bicyclic) bond motifs is 1. The van der Waals surface area contributed by atoms with Crippen molar-refractivity contribution in [2.75, 3.05) is 0 Å². The Morgan fingerprint density at radius 2 is 1.62 bits per heavy atom. The maximum absolute atomic E-state index is 15.1. The second kappa shape index (κ2) is 11.4. The topological polar surface area (TPSA) is 0 Å². The molecule has 2 aromatic carbocycles. The molecule has 0 nitrogen and oxygen atoms in total. The van der Waals surface area contributed by atoms with E-state index in [0.29, 0.717) is 18.8 Å².